The Kier molecular flexibility index (Phi) is 5.24. The van der Waals surface area contributed by atoms with E-state index in [1.54, 1.807) is 6.92 Å². The summed E-state index contributed by atoms with van der Waals surface area (Å²) in [6.07, 6.45) is -1.13. The molecule has 0 aliphatic carbocycles. The van der Waals surface area contributed by atoms with E-state index in [9.17, 15) is 19.8 Å². The van der Waals surface area contributed by atoms with Crippen LogP contribution < -0.4 is 11.2 Å². The maximum absolute atomic E-state index is 12.0. The number of ether oxygens (including phenoxy) is 3. The first-order valence-corrected chi connectivity index (χ1v) is 7.05. The van der Waals surface area contributed by atoms with E-state index in [0.717, 1.165) is 4.57 Å². The zero-order valence-corrected chi connectivity index (χ0v) is 13.1. The third kappa shape index (κ3) is 3.46. The number of aromatic nitrogens is 2. The molecule has 0 bridgehead atoms. The molecule has 0 fully saturated rings. The van der Waals surface area contributed by atoms with Gasteiger partial charge in [0, 0.05) is 18.9 Å². The number of nitrogens with zero attached hydrogens (tertiary/aromatic N) is 1. The Balaban J connectivity index is 2.38. The van der Waals surface area contributed by atoms with Crippen molar-refractivity contribution in [2.75, 3.05) is 20.3 Å². The van der Waals surface area contributed by atoms with Crippen LogP contribution in [0.25, 0.3) is 0 Å². The van der Waals surface area contributed by atoms with Gasteiger partial charge in [-0.25, -0.2) is 4.79 Å². The number of hydrogen-bond donors (Lipinski definition) is 3. The number of rotatable bonds is 6. The third-order valence-electron chi connectivity index (χ3n) is 3.42. The standard InChI is InChI=1S/C14H20N2O7/c1-7-4-16(14(20)15-12(7)19)13-11(22-8(2)6-21-3)10(18)9(5-17)23-13/h4,8,11,13,17-18H,5-6H2,1-3H3,(H,15,19,20)/t8?,11?,13-/m1/s1. The van der Waals surface area contributed by atoms with Gasteiger partial charge in [-0.3, -0.25) is 14.3 Å². The maximum atomic E-state index is 12.0. The molecule has 1 aromatic heterocycles. The Bertz CT molecular complexity index is 706. The molecule has 128 valence electrons. The Morgan fingerprint density at radius 1 is 1.48 bits per heavy atom. The van der Waals surface area contributed by atoms with E-state index in [-0.39, 0.29) is 18.1 Å². The van der Waals surface area contributed by atoms with Crippen LogP contribution in [0.3, 0.4) is 0 Å². The van der Waals surface area contributed by atoms with Gasteiger partial charge < -0.3 is 24.4 Å². The van der Waals surface area contributed by atoms with Crippen LogP contribution in [0.15, 0.2) is 27.3 Å². The van der Waals surface area contributed by atoms with Gasteiger partial charge >= 0.3 is 5.69 Å². The molecular formula is C14H20N2O7. The van der Waals surface area contributed by atoms with E-state index in [2.05, 4.69) is 4.98 Å². The molecule has 1 aromatic rings. The average Bonchev–Trinajstić information content (AvgIpc) is 2.80. The summed E-state index contributed by atoms with van der Waals surface area (Å²) < 4.78 is 17.2. The van der Waals surface area contributed by atoms with E-state index in [4.69, 9.17) is 14.2 Å². The molecule has 2 heterocycles. The second kappa shape index (κ2) is 6.99. The minimum absolute atomic E-state index is 0.0830. The van der Waals surface area contributed by atoms with Crippen LogP contribution in [0, 0.1) is 6.92 Å². The summed E-state index contributed by atoms with van der Waals surface area (Å²) in [5.74, 6) is -0.378. The van der Waals surface area contributed by atoms with Crippen molar-refractivity contribution in [3.63, 3.8) is 0 Å². The van der Waals surface area contributed by atoms with Crippen LogP contribution in [-0.4, -0.2) is 52.3 Å². The molecule has 2 rings (SSSR count). The van der Waals surface area contributed by atoms with Gasteiger partial charge in [0.15, 0.2) is 17.6 Å². The molecule has 23 heavy (non-hydrogen) atoms. The molecule has 0 aromatic carbocycles. The van der Waals surface area contributed by atoms with Crippen LogP contribution >= 0.6 is 0 Å². The molecule has 9 heteroatoms. The molecule has 9 nitrogen and oxygen atoms in total. The molecule has 0 amide bonds. The number of nitrogens with one attached hydrogen (secondary N) is 1. The van der Waals surface area contributed by atoms with Gasteiger partial charge in [-0.2, -0.15) is 0 Å². The van der Waals surface area contributed by atoms with Crippen molar-refractivity contribution >= 4 is 0 Å². The van der Waals surface area contributed by atoms with Crippen molar-refractivity contribution in [1.82, 2.24) is 9.55 Å². The fourth-order valence-corrected chi connectivity index (χ4v) is 2.31. The third-order valence-corrected chi connectivity index (χ3v) is 3.42. The van der Waals surface area contributed by atoms with Crippen molar-refractivity contribution in [3.8, 4) is 0 Å². The Morgan fingerprint density at radius 2 is 2.17 bits per heavy atom. The molecule has 0 spiro atoms. The first kappa shape index (κ1) is 17.3. The van der Waals surface area contributed by atoms with Crippen molar-refractivity contribution in [2.45, 2.75) is 32.3 Å². The lowest BCUT2D eigenvalue weighted by atomic mass is 10.2. The molecule has 1 aliphatic rings. The summed E-state index contributed by atoms with van der Waals surface area (Å²) in [6, 6.07) is 0. The van der Waals surface area contributed by atoms with E-state index >= 15 is 0 Å². The number of aromatic amines is 1. The lowest BCUT2D eigenvalue weighted by Gasteiger charge is -2.24. The van der Waals surface area contributed by atoms with Crippen LogP contribution in [0.1, 0.15) is 18.7 Å². The van der Waals surface area contributed by atoms with E-state index in [1.165, 1.54) is 20.2 Å². The lowest BCUT2D eigenvalue weighted by Crippen LogP contribution is -2.39. The number of aliphatic hydroxyl groups is 2. The smallest absolute Gasteiger partial charge is 0.331 e. The predicted octanol–water partition coefficient (Wildman–Crippen LogP) is -0.444. The second-order valence-electron chi connectivity index (χ2n) is 5.28. The van der Waals surface area contributed by atoms with Gasteiger partial charge in [-0.05, 0) is 13.8 Å². The highest BCUT2D eigenvalue weighted by atomic mass is 16.6. The van der Waals surface area contributed by atoms with Gasteiger partial charge in [-0.15, -0.1) is 0 Å². The van der Waals surface area contributed by atoms with E-state index in [0.29, 0.717) is 5.56 Å². The monoisotopic (exact) mass is 328 g/mol. The molecule has 1 aliphatic heterocycles. The van der Waals surface area contributed by atoms with Crippen LogP contribution in [0.2, 0.25) is 0 Å². The normalized spacial score (nSPS) is 22.3. The SMILES string of the molecule is COCC(C)OC1C(O)=C(CO)O[C@H]1n1cc(C)c(=O)[nH]c1=O. The first-order chi connectivity index (χ1) is 10.9. The minimum atomic E-state index is -1.04. The van der Waals surface area contributed by atoms with Gasteiger partial charge in [0.1, 0.15) is 6.61 Å². The summed E-state index contributed by atoms with van der Waals surface area (Å²) in [4.78, 5) is 25.7. The zero-order chi connectivity index (χ0) is 17.1. The van der Waals surface area contributed by atoms with Crippen molar-refractivity contribution < 1.29 is 24.4 Å². The highest BCUT2D eigenvalue weighted by Crippen LogP contribution is 2.33. The molecule has 3 N–H and O–H groups in total. The van der Waals surface area contributed by atoms with Crippen LogP contribution in [-0.2, 0) is 14.2 Å². The van der Waals surface area contributed by atoms with Gasteiger partial charge in [0.2, 0.25) is 6.23 Å². The largest absolute Gasteiger partial charge is 0.506 e. The molecule has 0 saturated heterocycles. The fourth-order valence-electron chi connectivity index (χ4n) is 2.31. The van der Waals surface area contributed by atoms with Crippen molar-refractivity contribution in [2.24, 2.45) is 0 Å². The van der Waals surface area contributed by atoms with Gasteiger partial charge in [-0.1, -0.05) is 0 Å². The minimum Gasteiger partial charge on any atom is -0.506 e. The summed E-state index contributed by atoms with van der Waals surface area (Å²) in [7, 11) is 1.51. The van der Waals surface area contributed by atoms with Gasteiger partial charge in [0.05, 0.1) is 12.7 Å². The molecule has 2 unspecified atom stereocenters. The summed E-state index contributed by atoms with van der Waals surface area (Å²) in [5, 5.41) is 19.4. The Morgan fingerprint density at radius 3 is 2.78 bits per heavy atom. The van der Waals surface area contributed by atoms with Crippen LogP contribution in [0.5, 0.6) is 0 Å². The highest BCUT2D eigenvalue weighted by Gasteiger charge is 2.40. The Labute approximate surface area is 131 Å². The lowest BCUT2D eigenvalue weighted by molar-refractivity contribution is -0.0972. The predicted molar refractivity (Wildman–Crippen MR) is 79.1 cm³/mol. The fraction of sp³-hybridized carbons (Fsp3) is 0.571. The zero-order valence-electron chi connectivity index (χ0n) is 13.1. The number of H-pyrrole nitrogens is 1. The van der Waals surface area contributed by atoms with Crippen molar-refractivity contribution in [3.05, 3.63) is 44.1 Å². The van der Waals surface area contributed by atoms with E-state index < -0.39 is 36.3 Å². The number of methoxy groups -OCH3 is 1. The Hall–Kier alpha value is -2.10. The van der Waals surface area contributed by atoms with Gasteiger partial charge in [0.25, 0.3) is 5.56 Å². The second-order valence-corrected chi connectivity index (χ2v) is 5.28. The highest BCUT2D eigenvalue weighted by molar-refractivity contribution is 5.15. The summed E-state index contributed by atoms with van der Waals surface area (Å²) >= 11 is 0. The summed E-state index contributed by atoms with van der Waals surface area (Å²) in [6.45, 7) is 2.99. The first-order valence-electron chi connectivity index (χ1n) is 7.05. The molecule has 3 atom stereocenters. The van der Waals surface area contributed by atoms with E-state index in [1.807, 2.05) is 0 Å². The number of aryl methyl sites for hydroxylation is 1. The molecule has 0 saturated carbocycles. The summed E-state index contributed by atoms with van der Waals surface area (Å²) in [5.41, 5.74) is -0.909. The van der Waals surface area contributed by atoms with Crippen molar-refractivity contribution in [1.29, 1.82) is 0 Å². The molecule has 0 radical (unpaired) electrons. The molecular weight excluding hydrogens is 308 g/mol. The maximum Gasteiger partial charge on any atom is 0.331 e. The van der Waals surface area contributed by atoms with Crippen LogP contribution in [0.4, 0.5) is 0 Å². The number of aliphatic hydroxyl groups excluding tert-OH is 2. The number of hydrogen-bond acceptors (Lipinski definition) is 7. The quantitative estimate of drug-likeness (QED) is 0.646. The topological polar surface area (TPSA) is 123 Å². The average molecular weight is 328 g/mol.